The van der Waals surface area contributed by atoms with Crippen LogP contribution in [0.2, 0.25) is 0 Å². The highest BCUT2D eigenvalue weighted by Crippen LogP contribution is 2.17. The molecule has 3 heteroatoms. The zero-order chi connectivity index (χ0) is 10.7. The van der Waals surface area contributed by atoms with Crippen molar-refractivity contribution in [1.29, 1.82) is 5.26 Å². The number of hydrogen-bond donors (Lipinski definition) is 1. The van der Waals surface area contributed by atoms with Crippen LogP contribution < -0.4 is 10.2 Å². The third-order valence-corrected chi connectivity index (χ3v) is 2.71. The Hall–Kier alpha value is -1.53. The summed E-state index contributed by atoms with van der Waals surface area (Å²) < 4.78 is 0. The lowest BCUT2D eigenvalue weighted by Crippen LogP contribution is -2.49. The molecule has 1 aromatic rings. The molecule has 78 valence electrons. The fourth-order valence-electron chi connectivity index (χ4n) is 1.94. The second-order valence-corrected chi connectivity index (χ2v) is 3.96. The summed E-state index contributed by atoms with van der Waals surface area (Å²) in [5.41, 5.74) is 1.89. The van der Waals surface area contributed by atoms with Crippen LogP contribution in [0.25, 0.3) is 0 Å². The van der Waals surface area contributed by atoms with Crippen LogP contribution in [-0.4, -0.2) is 25.7 Å². The van der Waals surface area contributed by atoms with E-state index in [0.29, 0.717) is 6.04 Å². The van der Waals surface area contributed by atoms with Gasteiger partial charge in [-0.15, -0.1) is 0 Å². The van der Waals surface area contributed by atoms with E-state index in [0.717, 1.165) is 30.9 Å². The largest absolute Gasteiger partial charge is 0.369 e. The Balaban J connectivity index is 2.18. The molecule has 0 amide bonds. The van der Waals surface area contributed by atoms with Crippen LogP contribution in [0.3, 0.4) is 0 Å². The minimum Gasteiger partial charge on any atom is -0.369 e. The lowest BCUT2D eigenvalue weighted by atomic mass is 10.1. The number of nitrogens with zero attached hydrogens (tertiary/aromatic N) is 2. The van der Waals surface area contributed by atoms with E-state index in [1.807, 2.05) is 18.2 Å². The van der Waals surface area contributed by atoms with Gasteiger partial charge in [0.15, 0.2) is 0 Å². The maximum absolute atomic E-state index is 8.83. The predicted octanol–water partition coefficient (Wildman–Crippen LogP) is 1.36. The molecule has 0 spiro atoms. The third-order valence-electron chi connectivity index (χ3n) is 2.71. The van der Waals surface area contributed by atoms with Crippen LogP contribution in [0.5, 0.6) is 0 Å². The highest BCUT2D eigenvalue weighted by Gasteiger charge is 2.15. The fraction of sp³-hybridized carbons (Fsp3) is 0.417. The van der Waals surface area contributed by atoms with Gasteiger partial charge in [0.25, 0.3) is 0 Å². The normalized spacial score (nSPS) is 21.1. The standard InChI is InChI=1S/C12H15N3/c1-10-9-15(6-5-14-10)12-4-2-3-11(7-12)8-13/h2-4,7,10,14H,5-6,9H2,1H3. The maximum atomic E-state index is 8.83. The third kappa shape index (κ3) is 2.28. The molecule has 0 aliphatic carbocycles. The second-order valence-electron chi connectivity index (χ2n) is 3.96. The molecule has 1 N–H and O–H groups in total. The molecule has 0 radical (unpaired) electrons. The summed E-state index contributed by atoms with van der Waals surface area (Å²) in [6.07, 6.45) is 0. The Morgan fingerprint density at radius 3 is 3.13 bits per heavy atom. The van der Waals surface area contributed by atoms with E-state index in [1.165, 1.54) is 0 Å². The Morgan fingerprint density at radius 1 is 1.53 bits per heavy atom. The summed E-state index contributed by atoms with van der Waals surface area (Å²) in [6, 6.07) is 10.5. The van der Waals surface area contributed by atoms with Crippen molar-refractivity contribution in [1.82, 2.24) is 5.32 Å². The second kappa shape index (κ2) is 4.33. The molecule has 1 aliphatic rings. The number of rotatable bonds is 1. The topological polar surface area (TPSA) is 39.1 Å². The molecule has 1 fully saturated rings. The SMILES string of the molecule is CC1CN(c2cccc(C#N)c2)CCN1. The molecule has 1 unspecified atom stereocenters. The van der Waals surface area contributed by atoms with Gasteiger partial charge in [0, 0.05) is 31.4 Å². The van der Waals surface area contributed by atoms with Gasteiger partial charge in [0.05, 0.1) is 11.6 Å². The summed E-state index contributed by atoms with van der Waals surface area (Å²) in [6.45, 7) is 5.21. The van der Waals surface area contributed by atoms with E-state index in [9.17, 15) is 0 Å². The molecule has 2 rings (SSSR count). The molecule has 1 aromatic carbocycles. The van der Waals surface area contributed by atoms with Crippen LogP contribution in [-0.2, 0) is 0 Å². The number of benzene rings is 1. The van der Waals surface area contributed by atoms with Crippen molar-refractivity contribution in [2.45, 2.75) is 13.0 Å². The maximum Gasteiger partial charge on any atom is 0.0992 e. The molecular formula is C12H15N3. The van der Waals surface area contributed by atoms with E-state index >= 15 is 0 Å². The number of piperazine rings is 1. The fourth-order valence-corrected chi connectivity index (χ4v) is 1.94. The van der Waals surface area contributed by atoms with Gasteiger partial charge in [0.2, 0.25) is 0 Å². The highest BCUT2D eigenvalue weighted by molar-refractivity contribution is 5.51. The summed E-state index contributed by atoms with van der Waals surface area (Å²) in [5, 5.41) is 12.2. The molecule has 15 heavy (non-hydrogen) atoms. The minimum atomic E-state index is 0.518. The summed E-state index contributed by atoms with van der Waals surface area (Å²) >= 11 is 0. The van der Waals surface area contributed by atoms with Crippen LogP contribution in [0.4, 0.5) is 5.69 Å². The van der Waals surface area contributed by atoms with Gasteiger partial charge < -0.3 is 10.2 Å². The molecule has 1 atom stereocenters. The van der Waals surface area contributed by atoms with Crippen LogP contribution in [0, 0.1) is 11.3 Å². The average Bonchev–Trinajstić information content (AvgIpc) is 2.29. The van der Waals surface area contributed by atoms with Crippen LogP contribution in [0.1, 0.15) is 12.5 Å². The van der Waals surface area contributed by atoms with Crippen molar-refractivity contribution in [3.05, 3.63) is 29.8 Å². The average molecular weight is 201 g/mol. The lowest BCUT2D eigenvalue weighted by Gasteiger charge is -2.33. The first-order chi connectivity index (χ1) is 7.29. The lowest BCUT2D eigenvalue weighted by molar-refractivity contribution is 0.485. The molecular weight excluding hydrogens is 186 g/mol. The molecule has 1 aliphatic heterocycles. The highest BCUT2D eigenvalue weighted by atomic mass is 15.2. The first-order valence-electron chi connectivity index (χ1n) is 5.28. The minimum absolute atomic E-state index is 0.518. The van der Waals surface area contributed by atoms with Gasteiger partial charge in [-0.25, -0.2) is 0 Å². The van der Waals surface area contributed by atoms with Crippen molar-refractivity contribution >= 4 is 5.69 Å². The van der Waals surface area contributed by atoms with Crippen molar-refractivity contribution in [2.75, 3.05) is 24.5 Å². The molecule has 3 nitrogen and oxygen atoms in total. The zero-order valence-corrected chi connectivity index (χ0v) is 8.90. The summed E-state index contributed by atoms with van der Waals surface area (Å²) in [4.78, 5) is 2.32. The molecule has 1 saturated heterocycles. The smallest absolute Gasteiger partial charge is 0.0992 e. The Bertz CT molecular complexity index is 381. The number of nitrogens with one attached hydrogen (secondary N) is 1. The molecule has 1 heterocycles. The van der Waals surface area contributed by atoms with Crippen molar-refractivity contribution in [3.63, 3.8) is 0 Å². The van der Waals surface area contributed by atoms with Crippen molar-refractivity contribution in [2.24, 2.45) is 0 Å². The number of hydrogen-bond acceptors (Lipinski definition) is 3. The Labute approximate surface area is 90.3 Å². The van der Waals surface area contributed by atoms with Gasteiger partial charge in [-0.2, -0.15) is 5.26 Å². The first-order valence-corrected chi connectivity index (χ1v) is 5.28. The van der Waals surface area contributed by atoms with Gasteiger partial charge in [-0.1, -0.05) is 6.07 Å². The summed E-state index contributed by atoms with van der Waals surface area (Å²) in [7, 11) is 0. The number of anilines is 1. The first kappa shape index (κ1) is 10.0. The zero-order valence-electron chi connectivity index (χ0n) is 8.90. The van der Waals surface area contributed by atoms with Crippen LogP contribution >= 0.6 is 0 Å². The van der Waals surface area contributed by atoms with Gasteiger partial charge in [-0.3, -0.25) is 0 Å². The molecule has 0 bridgehead atoms. The van der Waals surface area contributed by atoms with Crippen LogP contribution in [0.15, 0.2) is 24.3 Å². The van der Waals surface area contributed by atoms with E-state index < -0.39 is 0 Å². The van der Waals surface area contributed by atoms with E-state index in [-0.39, 0.29) is 0 Å². The number of nitriles is 1. The van der Waals surface area contributed by atoms with E-state index in [1.54, 1.807) is 0 Å². The van der Waals surface area contributed by atoms with Gasteiger partial charge >= 0.3 is 0 Å². The van der Waals surface area contributed by atoms with Crippen molar-refractivity contribution < 1.29 is 0 Å². The van der Waals surface area contributed by atoms with Gasteiger partial charge in [0.1, 0.15) is 0 Å². The molecule has 0 saturated carbocycles. The van der Waals surface area contributed by atoms with Gasteiger partial charge in [-0.05, 0) is 25.1 Å². The molecule has 0 aromatic heterocycles. The summed E-state index contributed by atoms with van der Waals surface area (Å²) in [5.74, 6) is 0. The monoisotopic (exact) mass is 201 g/mol. The Morgan fingerprint density at radius 2 is 2.40 bits per heavy atom. The predicted molar refractivity (Wildman–Crippen MR) is 60.8 cm³/mol. The van der Waals surface area contributed by atoms with E-state index in [2.05, 4.69) is 29.3 Å². The Kier molecular flexibility index (Phi) is 2.89. The quantitative estimate of drug-likeness (QED) is 0.745. The van der Waals surface area contributed by atoms with Crippen molar-refractivity contribution in [3.8, 4) is 6.07 Å². The van der Waals surface area contributed by atoms with E-state index in [4.69, 9.17) is 5.26 Å².